The molecule has 166 valence electrons. The number of hydrogen-bond donors (Lipinski definition) is 6. The molecule has 6 N–H and O–H groups in total. The maximum Gasteiger partial charge on any atom is 0.335 e. The summed E-state index contributed by atoms with van der Waals surface area (Å²) in [6, 6.07) is 16.1. The van der Waals surface area contributed by atoms with E-state index in [-0.39, 0.29) is 33.8 Å². The molecule has 0 saturated carbocycles. The number of carbonyl (C=O) groups is 4. The van der Waals surface area contributed by atoms with Crippen LogP contribution >= 0.6 is 0 Å². The van der Waals surface area contributed by atoms with Gasteiger partial charge in [-0.25, -0.2) is 19.2 Å². The lowest BCUT2D eigenvalue weighted by atomic mass is 10.1. The van der Waals surface area contributed by atoms with Crippen LogP contribution in [0.3, 0.4) is 0 Å². The summed E-state index contributed by atoms with van der Waals surface area (Å²) in [6.07, 6.45) is 0. The first kappa shape index (κ1) is 25.2. The molecule has 0 aromatic heterocycles. The van der Waals surface area contributed by atoms with Crippen molar-refractivity contribution in [1.29, 1.82) is 0 Å². The van der Waals surface area contributed by atoms with E-state index in [1.165, 1.54) is 60.7 Å². The monoisotopic (exact) mass is 442 g/mol. The van der Waals surface area contributed by atoms with Crippen molar-refractivity contribution in [3.05, 3.63) is 95.1 Å². The van der Waals surface area contributed by atoms with Gasteiger partial charge in [0.2, 0.25) is 0 Å². The van der Waals surface area contributed by atoms with E-state index in [0.29, 0.717) is 0 Å². The van der Waals surface area contributed by atoms with Crippen molar-refractivity contribution in [2.24, 2.45) is 0 Å². The molecule has 3 aromatic carbocycles. The maximum atomic E-state index is 10.4. The first-order valence-electron chi connectivity index (χ1n) is 8.62. The van der Waals surface area contributed by atoms with Crippen LogP contribution in [0.4, 0.5) is 0 Å². The Labute approximate surface area is 180 Å². The second-order valence-corrected chi connectivity index (χ2v) is 5.90. The number of phenols is 2. The Morgan fingerprint density at radius 3 is 1.00 bits per heavy atom. The first-order chi connectivity index (χ1) is 15.0. The van der Waals surface area contributed by atoms with Crippen LogP contribution in [0.1, 0.15) is 41.4 Å². The molecule has 0 aliphatic carbocycles. The van der Waals surface area contributed by atoms with Crippen LogP contribution in [0.15, 0.2) is 72.8 Å². The van der Waals surface area contributed by atoms with Gasteiger partial charge in [-0.1, -0.05) is 12.1 Å². The van der Waals surface area contributed by atoms with Crippen LogP contribution in [0.2, 0.25) is 0 Å². The van der Waals surface area contributed by atoms with Gasteiger partial charge in [-0.15, -0.1) is 0 Å². The molecule has 3 rings (SSSR count). The fraction of sp³-hybridized carbons (Fsp3) is 0. The van der Waals surface area contributed by atoms with Gasteiger partial charge in [0.1, 0.15) is 11.5 Å². The van der Waals surface area contributed by atoms with Crippen molar-refractivity contribution >= 4 is 23.9 Å². The van der Waals surface area contributed by atoms with Gasteiger partial charge in [0.25, 0.3) is 0 Å². The fourth-order valence-corrected chi connectivity index (χ4v) is 2.03. The van der Waals surface area contributed by atoms with Crippen LogP contribution in [0, 0.1) is 0 Å². The van der Waals surface area contributed by atoms with E-state index in [0.717, 1.165) is 6.07 Å². The number of benzene rings is 3. The number of aromatic carboxylic acids is 4. The number of phenolic OH excluding ortho intramolecular Hbond substituents is 2. The largest absolute Gasteiger partial charge is 0.508 e. The molecule has 0 saturated heterocycles. The van der Waals surface area contributed by atoms with E-state index < -0.39 is 23.9 Å². The van der Waals surface area contributed by atoms with Crippen LogP contribution in [-0.4, -0.2) is 54.5 Å². The van der Waals surface area contributed by atoms with Crippen molar-refractivity contribution in [2.45, 2.75) is 0 Å². The van der Waals surface area contributed by atoms with Crippen molar-refractivity contribution in [3.8, 4) is 11.5 Å². The van der Waals surface area contributed by atoms with E-state index in [1.807, 2.05) is 0 Å². The number of rotatable bonds is 4. The quantitative estimate of drug-likeness (QED) is 0.350. The van der Waals surface area contributed by atoms with E-state index in [4.69, 9.17) is 30.6 Å². The summed E-state index contributed by atoms with van der Waals surface area (Å²) < 4.78 is 0. The van der Waals surface area contributed by atoms with Crippen LogP contribution in [0.25, 0.3) is 0 Å². The van der Waals surface area contributed by atoms with Gasteiger partial charge < -0.3 is 30.6 Å². The van der Waals surface area contributed by atoms with Gasteiger partial charge in [-0.2, -0.15) is 0 Å². The summed E-state index contributed by atoms with van der Waals surface area (Å²) in [5, 5.41) is 51.2. The minimum absolute atomic E-state index is 0.0186. The third-order valence-corrected chi connectivity index (χ3v) is 3.57. The Hall–Kier alpha value is -4.86. The van der Waals surface area contributed by atoms with Crippen LogP contribution in [-0.2, 0) is 0 Å². The molecule has 10 heteroatoms. The molecule has 3 aromatic rings. The molecule has 0 amide bonds. The highest BCUT2D eigenvalue weighted by Crippen LogP contribution is 2.14. The molecule has 0 unspecified atom stereocenters. The Morgan fingerprint density at radius 2 is 0.750 bits per heavy atom. The Balaban J connectivity index is 0.000000245. The molecule has 0 atom stereocenters. The van der Waals surface area contributed by atoms with Crippen molar-refractivity contribution in [2.75, 3.05) is 0 Å². The highest BCUT2D eigenvalue weighted by molar-refractivity contribution is 5.93. The molecular weight excluding hydrogens is 424 g/mol. The predicted molar refractivity (Wildman–Crippen MR) is 110 cm³/mol. The first-order valence-corrected chi connectivity index (χ1v) is 8.62. The molecule has 0 aliphatic heterocycles. The van der Waals surface area contributed by atoms with Gasteiger partial charge in [-0.05, 0) is 54.6 Å². The van der Waals surface area contributed by atoms with E-state index in [2.05, 4.69) is 0 Å². The highest BCUT2D eigenvalue weighted by atomic mass is 16.4. The van der Waals surface area contributed by atoms with Crippen molar-refractivity contribution in [1.82, 2.24) is 0 Å². The number of hydrogen-bond acceptors (Lipinski definition) is 6. The van der Waals surface area contributed by atoms with Gasteiger partial charge in [-0.3, -0.25) is 0 Å². The Bertz CT molecular complexity index is 1020. The van der Waals surface area contributed by atoms with Gasteiger partial charge in [0.15, 0.2) is 0 Å². The number of carboxylic acid groups (broad SMARTS) is 4. The summed E-state index contributed by atoms with van der Waals surface area (Å²) in [6.45, 7) is 0. The lowest BCUT2D eigenvalue weighted by Gasteiger charge is -1.95. The average molecular weight is 442 g/mol. The molecule has 0 bridgehead atoms. The molecule has 0 radical (unpaired) electrons. The molecule has 32 heavy (non-hydrogen) atoms. The second kappa shape index (κ2) is 12.0. The minimum atomic E-state index is -1.13. The number of carboxylic acids is 4. The van der Waals surface area contributed by atoms with E-state index >= 15 is 0 Å². The molecule has 0 spiro atoms. The van der Waals surface area contributed by atoms with E-state index in [9.17, 15) is 19.2 Å². The zero-order valence-corrected chi connectivity index (χ0v) is 16.2. The SMILES string of the molecule is O=C(O)c1ccc(C(=O)O)cc1.O=C(O)c1cccc(C(=O)O)c1.Oc1cccc(O)c1. The third-order valence-electron chi connectivity index (χ3n) is 3.57. The lowest BCUT2D eigenvalue weighted by Crippen LogP contribution is -2.01. The second-order valence-electron chi connectivity index (χ2n) is 5.90. The standard InChI is InChI=1S/2C8H6O4.C6H6O2/c9-7(10)5-1-2-6(4-3-5)8(11)12;9-7(10)5-2-1-3-6(4-5)8(11)12;7-5-2-1-3-6(8)4-5/h2*1-4H,(H,9,10)(H,11,12);1-4,7-8H. The Morgan fingerprint density at radius 1 is 0.438 bits per heavy atom. The molecule has 0 fully saturated rings. The smallest absolute Gasteiger partial charge is 0.335 e. The van der Waals surface area contributed by atoms with Gasteiger partial charge in [0.05, 0.1) is 22.3 Å². The zero-order chi connectivity index (χ0) is 24.3. The minimum Gasteiger partial charge on any atom is -0.508 e. The van der Waals surface area contributed by atoms with Gasteiger partial charge in [0, 0.05) is 6.07 Å². The van der Waals surface area contributed by atoms with Gasteiger partial charge >= 0.3 is 23.9 Å². The third kappa shape index (κ3) is 8.66. The molecule has 10 nitrogen and oxygen atoms in total. The summed E-state index contributed by atoms with van der Waals surface area (Å²) in [5.74, 6) is -4.20. The summed E-state index contributed by atoms with van der Waals surface area (Å²) in [5.41, 5.74) is 0.129. The zero-order valence-electron chi connectivity index (χ0n) is 16.2. The number of aromatic hydroxyl groups is 2. The molecule has 0 heterocycles. The lowest BCUT2D eigenvalue weighted by molar-refractivity contribution is 0.0681. The van der Waals surface area contributed by atoms with Crippen molar-refractivity contribution < 1.29 is 49.8 Å². The highest BCUT2D eigenvalue weighted by Gasteiger charge is 2.07. The molecule has 0 aliphatic rings. The predicted octanol–water partition coefficient (Wildman–Crippen LogP) is 3.26. The molecular formula is C22H18O10. The van der Waals surface area contributed by atoms with Crippen LogP contribution in [0.5, 0.6) is 11.5 Å². The average Bonchev–Trinajstić information content (AvgIpc) is 2.74. The Kier molecular flexibility index (Phi) is 9.42. The summed E-state index contributed by atoms with van der Waals surface area (Å²) in [4.78, 5) is 41.4. The summed E-state index contributed by atoms with van der Waals surface area (Å²) in [7, 11) is 0. The fourth-order valence-electron chi connectivity index (χ4n) is 2.03. The normalized spacial score (nSPS) is 9.25. The summed E-state index contributed by atoms with van der Waals surface area (Å²) >= 11 is 0. The van der Waals surface area contributed by atoms with Crippen LogP contribution < -0.4 is 0 Å². The van der Waals surface area contributed by atoms with Crippen molar-refractivity contribution in [3.63, 3.8) is 0 Å². The maximum absolute atomic E-state index is 10.4. The topological polar surface area (TPSA) is 190 Å². The van der Waals surface area contributed by atoms with E-state index in [1.54, 1.807) is 6.07 Å².